The van der Waals surface area contributed by atoms with E-state index in [-0.39, 0.29) is 40.5 Å². The first kappa shape index (κ1) is 34.7. The number of hydrogen-bond acceptors (Lipinski definition) is 6. The number of benzene rings is 3. The number of alkyl carbamates (subject to hydrolysis) is 1. The van der Waals surface area contributed by atoms with E-state index in [2.05, 4.69) is 39.4 Å². The van der Waals surface area contributed by atoms with E-state index in [1.165, 1.54) is 7.11 Å². The van der Waals surface area contributed by atoms with E-state index in [0.717, 1.165) is 48.1 Å². The third-order valence-corrected chi connectivity index (χ3v) is 12.3. The van der Waals surface area contributed by atoms with E-state index in [1.54, 1.807) is 30.5 Å². The zero-order valence-corrected chi connectivity index (χ0v) is 31.1. The number of halogens is 2. The molecule has 54 heavy (non-hydrogen) atoms. The molecule has 1 saturated carbocycles. The van der Waals surface area contributed by atoms with E-state index in [1.807, 2.05) is 49.1 Å². The molecule has 4 aliphatic rings. The number of carbonyl (C=O) groups is 2. The zero-order chi connectivity index (χ0) is 37.7. The highest BCUT2D eigenvalue weighted by Crippen LogP contribution is 2.58. The summed E-state index contributed by atoms with van der Waals surface area (Å²) in [6.07, 6.45) is 4.88. The molecule has 5 aromatic rings. The van der Waals surface area contributed by atoms with Crippen LogP contribution in [0.2, 0.25) is 0 Å². The third kappa shape index (κ3) is 5.68. The van der Waals surface area contributed by atoms with Crippen LogP contribution in [0.3, 0.4) is 0 Å². The number of imidazole rings is 2. The van der Waals surface area contributed by atoms with Crippen molar-refractivity contribution in [3.63, 3.8) is 0 Å². The molecule has 2 amide bonds. The predicted octanol–water partition coefficient (Wildman–Crippen LogP) is 8.23. The molecule has 1 spiro atoms. The van der Waals surface area contributed by atoms with Gasteiger partial charge in [-0.25, -0.2) is 14.8 Å². The first-order valence-corrected chi connectivity index (χ1v) is 19.0. The van der Waals surface area contributed by atoms with E-state index in [4.69, 9.17) is 9.72 Å². The number of hydrogen-bond donors (Lipinski definition) is 4. The molecule has 0 bridgehead atoms. The van der Waals surface area contributed by atoms with Crippen LogP contribution in [0.5, 0.6) is 0 Å². The number of nitrogens with one attached hydrogen (secondary N) is 4. The number of alkyl halides is 2. The number of ether oxygens (including phenoxy) is 1. The lowest BCUT2D eigenvalue weighted by Gasteiger charge is -2.30. The molecule has 2 aromatic heterocycles. The van der Waals surface area contributed by atoms with Gasteiger partial charge >= 0.3 is 6.09 Å². The Bertz CT molecular complexity index is 2310. The van der Waals surface area contributed by atoms with Gasteiger partial charge in [0.1, 0.15) is 17.7 Å². The monoisotopic (exact) mass is 733 g/mol. The van der Waals surface area contributed by atoms with Crippen LogP contribution in [0.1, 0.15) is 88.2 Å². The minimum atomic E-state index is -3.21. The predicted molar refractivity (Wildman–Crippen MR) is 202 cm³/mol. The number of amides is 2. The van der Waals surface area contributed by atoms with Crippen LogP contribution in [-0.4, -0.2) is 62.6 Å². The van der Waals surface area contributed by atoms with Gasteiger partial charge < -0.3 is 30.2 Å². The van der Waals surface area contributed by atoms with E-state index >= 15 is 8.78 Å². The van der Waals surface area contributed by atoms with Crippen molar-refractivity contribution in [1.82, 2.24) is 35.5 Å². The first-order valence-electron chi connectivity index (χ1n) is 19.0. The Labute approximate surface area is 312 Å². The van der Waals surface area contributed by atoms with E-state index in [9.17, 15) is 9.59 Å². The number of aromatic amines is 2. The summed E-state index contributed by atoms with van der Waals surface area (Å²) in [5, 5.41) is 6.32. The van der Waals surface area contributed by atoms with Crippen molar-refractivity contribution in [2.75, 3.05) is 13.7 Å². The standard InChI is InChI=1S/C42H45F2N7O3/c1-21(2)35(50-40(53)54-5)39(52)51-20-41(12-13-41)18-34(51)37-45-19-33(49-37)26-7-10-28-27-9-6-24(15-29(27)42(43,44)30(28)16-26)25-8-11-31-32(17-25)48-38(47-31)36-22(3)14-23(4)46-36/h6-11,15-17,19,21-23,34-36,46H,12-14,18,20H2,1-5H3,(H,45,49)(H,47,48)(H,50,53)/t22-,23+,34-,35-,36-/m0/s1. The molecule has 3 aromatic carbocycles. The van der Waals surface area contributed by atoms with Gasteiger partial charge in [-0.05, 0) is 96.4 Å². The van der Waals surface area contributed by atoms with Gasteiger partial charge in [0.15, 0.2) is 0 Å². The van der Waals surface area contributed by atoms with Crippen LogP contribution < -0.4 is 10.6 Å². The number of likely N-dealkylation sites (tertiary alicyclic amines) is 1. The summed E-state index contributed by atoms with van der Waals surface area (Å²) in [7, 11) is 1.28. The molecule has 10 nitrogen and oxygen atoms in total. The average molecular weight is 734 g/mol. The molecule has 4 heterocycles. The SMILES string of the molecule is COC(=O)N[C@H](C(=O)N1CC2(CC2)C[C@H]1c1ncc(-c2ccc3c(c2)C(F)(F)c2cc(-c4ccc5nc([C@H]6N[C@H](C)C[C@@H]6C)[nH]c5c4)ccc2-3)[nH]1)C(C)C. The zero-order valence-electron chi connectivity index (χ0n) is 31.1. The highest BCUT2D eigenvalue weighted by atomic mass is 19.3. The first-order chi connectivity index (χ1) is 25.8. The summed E-state index contributed by atoms with van der Waals surface area (Å²) in [6, 6.07) is 15.9. The fourth-order valence-electron chi connectivity index (χ4n) is 9.11. The van der Waals surface area contributed by atoms with E-state index in [0.29, 0.717) is 52.3 Å². The molecular weight excluding hydrogens is 689 g/mol. The molecule has 3 fully saturated rings. The number of fused-ring (bicyclic) bond motifs is 4. The molecule has 0 unspecified atom stereocenters. The molecule has 5 atom stereocenters. The van der Waals surface area contributed by atoms with Crippen molar-refractivity contribution in [3.05, 3.63) is 83.6 Å². The number of rotatable bonds is 7. The quantitative estimate of drug-likeness (QED) is 0.134. The van der Waals surface area contributed by atoms with Crippen molar-refractivity contribution < 1.29 is 23.1 Å². The summed E-state index contributed by atoms with van der Waals surface area (Å²) < 4.78 is 37.6. The highest BCUT2D eigenvalue weighted by Gasteiger charge is 2.55. The van der Waals surface area contributed by atoms with Gasteiger partial charge in [-0.1, -0.05) is 51.1 Å². The minimum absolute atomic E-state index is 0.0177. The van der Waals surface area contributed by atoms with Gasteiger partial charge in [-0.3, -0.25) is 4.79 Å². The van der Waals surface area contributed by atoms with Gasteiger partial charge in [-0.2, -0.15) is 8.78 Å². The van der Waals surface area contributed by atoms with Crippen molar-refractivity contribution >= 4 is 23.0 Å². The lowest BCUT2D eigenvalue weighted by Crippen LogP contribution is -2.51. The molecule has 4 N–H and O–H groups in total. The molecule has 0 radical (unpaired) electrons. The summed E-state index contributed by atoms with van der Waals surface area (Å²) in [5.74, 6) is -1.58. The number of H-pyrrole nitrogens is 2. The Morgan fingerprint density at radius 3 is 2.30 bits per heavy atom. The number of carbonyl (C=O) groups excluding carboxylic acids is 2. The van der Waals surface area contributed by atoms with Crippen molar-refractivity contribution in [3.8, 4) is 33.5 Å². The van der Waals surface area contributed by atoms with Crippen LogP contribution in [-0.2, 0) is 15.5 Å². The molecule has 280 valence electrons. The summed E-state index contributed by atoms with van der Waals surface area (Å²) >= 11 is 0. The fourth-order valence-corrected chi connectivity index (χ4v) is 9.11. The van der Waals surface area contributed by atoms with Gasteiger partial charge in [0, 0.05) is 29.3 Å². The Morgan fingerprint density at radius 1 is 0.944 bits per heavy atom. The van der Waals surface area contributed by atoms with Gasteiger partial charge in [0.05, 0.1) is 42.1 Å². The summed E-state index contributed by atoms with van der Waals surface area (Å²) in [4.78, 5) is 44.2. The van der Waals surface area contributed by atoms with Gasteiger partial charge in [0.25, 0.3) is 5.92 Å². The fraction of sp³-hybridized carbons (Fsp3) is 0.429. The smallest absolute Gasteiger partial charge is 0.407 e. The van der Waals surface area contributed by atoms with Crippen LogP contribution in [0.15, 0.2) is 60.8 Å². The second kappa shape index (κ2) is 12.5. The van der Waals surface area contributed by atoms with Gasteiger partial charge in [0.2, 0.25) is 5.91 Å². The Balaban J connectivity index is 0.979. The topological polar surface area (TPSA) is 128 Å². The van der Waals surface area contributed by atoms with E-state index < -0.39 is 18.1 Å². The molecule has 9 rings (SSSR count). The Morgan fingerprint density at radius 2 is 1.63 bits per heavy atom. The van der Waals surface area contributed by atoms with Crippen molar-refractivity contribution in [2.45, 2.75) is 83.5 Å². The molecule has 2 saturated heterocycles. The lowest BCUT2D eigenvalue weighted by atomic mass is 9.98. The third-order valence-electron chi connectivity index (χ3n) is 12.3. The Hall–Kier alpha value is -5.10. The second-order valence-corrected chi connectivity index (χ2v) is 16.4. The molecule has 12 heteroatoms. The van der Waals surface area contributed by atoms with Gasteiger partial charge in [-0.15, -0.1) is 0 Å². The molecule has 2 aliphatic heterocycles. The summed E-state index contributed by atoms with van der Waals surface area (Å²) in [6.45, 7) is 8.76. The maximum absolute atomic E-state index is 16.4. The molecular formula is C42H45F2N7O3. The second-order valence-electron chi connectivity index (χ2n) is 16.4. The highest BCUT2D eigenvalue weighted by molar-refractivity contribution is 5.88. The largest absolute Gasteiger partial charge is 0.453 e. The van der Waals surface area contributed by atoms with Crippen LogP contribution in [0.4, 0.5) is 13.6 Å². The number of aromatic nitrogens is 4. The maximum Gasteiger partial charge on any atom is 0.407 e. The van der Waals surface area contributed by atoms with Crippen LogP contribution in [0, 0.1) is 17.3 Å². The normalized spacial score (nSPS) is 23.9. The number of nitrogens with zero attached hydrogens (tertiary/aromatic N) is 3. The van der Waals surface area contributed by atoms with Crippen molar-refractivity contribution in [1.29, 1.82) is 0 Å². The van der Waals surface area contributed by atoms with Crippen molar-refractivity contribution in [2.24, 2.45) is 17.3 Å². The maximum atomic E-state index is 16.4. The minimum Gasteiger partial charge on any atom is -0.453 e. The Kier molecular flexibility index (Phi) is 8.01. The van der Waals surface area contributed by atoms with Crippen LogP contribution >= 0.6 is 0 Å². The average Bonchev–Trinajstić information content (AvgIpc) is 3.62. The lowest BCUT2D eigenvalue weighted by molar-refractivity contribution is -0.135. The van der Waals surface area contributed by atoms with Crippen LogP contribution in [0.25, 0.3) is 44.5 Å². The molecule has 2 aliphatic carbocycles. The number of methoxy groups -OCH3 is 1. The summed E-state index contributed by atoms with van der Waals surface area (Å²) in [5.41, 5.74) is 5.47.